The third kappa shape index (κ3) is 4.02. The molecule has 2 aliphatic rings. The Morgan fingerprint density at radius 2 is 1.88 bits per heavy atom. The molecular weight excluding hydrogens is 338 g/mol. The van der Waals surface area contributed by atoms with E-state index < -0.39 is 0 Å². The zero-order chi connectivity index (χ0) is 17.8. The third-order valence-electron chi connectivity index (χ3n) is 4.68. The summed E-state index contributed by atoms with van der Waals surface area (Å²) in [5, 5.41) is 8.64. The molecule has 2 heterocycles. The zero-order valence-corrected chi connectivity index (χ0v) is 14.6. The van der Waals surface area contributed by atoms with Crippen molar-refractivity contribution >= 4 is 28.8 Å². The number of aryl methyl sites for hydroxylation is 1. The fraction of sp³-hybridized carbons (Fsp3) is 0.444. The first-order valence-electron chi connectivity index (χ1n) is 8.34. The maximum absolute atomic E-state index is 12.4. The van der Waals surface area contributed by atoms with E-state index in [4.69, 9.17) is 5.26 Å². The summed E-state index contributed by atoms with van der Waals surface area (Å²) >= 11 is 1.06. The minimum absolute atomic E-state index is 0.0717. The van der Waals surface area contributed by atoms with Crippen LogP contribution in [0.4, 0.5) is 4.79 Å². The number of carbonyl (C=O) groups is 3. The molecule has 130 valence electrons. The smallest absolute Gasteiger partial charge is 0.289 e. The molecule has 0 atom stereocenters. The second-order valence-electron chi connectivity index (χ2n) is 6.24. The monoisotopic (exact) mass is 357 g/mol. The van der Waals surface area contributed by atoms with E-state index in [2.05, 4.69) is 6.07 Å². The topological polar surface area (TPSA) is 81.5 Å². The molecule has 2 fully saturated rings. The molecule has 25 heavy (non-hydrogen) atoms. The second kappa shape index (κ2) is 7.70. The van der Waals surface area contributed by atoms with E-state index in [1.165, 1.54) is 4.90 Å². The van der Waals surface area contributed by atoms with Crippen LogP contribution in [0.25, 0.3) is 0 Å². The fourth-order valence-corrected chi connectivity index (χ4v) is 4.02. The number of benzene rings is 1. The number of rotatable bonds is 4. The fourth-order valence-electron chi connectivity index (χ4n) is 3.25. The maximum atomic E-state index is 12.4. The van der Waals surface area contributed by atoms with Gasteiger partial charge in [-0.2, -0.15) is 5.26 Å². The van der Waals surface area contributed by atoms with Gasteiger partial charge in [-0.1, -0.05) is 23.9 Å². The molecule has 7 heteroatoms. The quantitative estimate of drug-likeness (QED) is 0.825. The van der Waals surface area contributed by atoms with Crippen LogP contribution >= 0.6 is 11.8 Å². The first-order valence-corrected chi connectivity index (χ1v) is 9.32. The van der Waals surface area contributed by atoms with Crippen molar-refractivity contribution in [2.24, 2.45) is 0 Å². The van der Waals surface area contributed by atoms with Gasteiger partial charge in [-0.05, 0) is 37.0 Å². The molecule has 6 nitrogen and oxygen atoms in total. The van der Waals surface area contributed by atoms with Crippen molar-refractivity contribution in [3.05, 3.63) is 35.4 Å². The summed E-state index contributed by atoms with van der Waals surface area (Å²) in [4.78, 5) is 39.1. The number of hydrogen-bond acceptors (Lipinski definition) is 5. The van der Waals surface area contributed by atoms with Crippen molar-refractivity contribution in [1.29, 1.82) is 5.26 Å². The standard InChI is InChI=1S/C18H19N3O3S/c19-11-14-3-1-13(2-4-14)5-6-16(22)20-9-7-15(8-10-20)21-17(23)12-25-18(21)24/h1-4,15H,5-10,12H2. The van der Waals surface area contributed by atoms with Crippen molar-refractivity contribution < 1.29 is 14.4 Å². The highest BCUT2D eigenvalue weighted by molar-refractivity contribution is 8.14. The zero-order valence-electron chi connectivity index (χ0n) is 13.8. The van der Waals surface area contributed by atoms with E-state index in [1.807, 2.05) is 17.0 Å². The van der Waals surface area contributed by atoms with Gasteiger partial charge in [-0.25, -0.2) is 0 Å². The molecule has 0 N–H and O–H groups in total. The lowest BCUT2D eigenvalue weighted by Crippen LogP contribution is -2.48. The normalized spacial score (nSPS) is 18.5. The molecule has 0 bridgehead atoms. The first-order chi connectivity index (χ1) is 12.1. The van der Waals surface area contributed by atoms with Gasteiger partial charge in [-0.15, -0.1) is 0 Å². The number of carbonyl (C=O) groups excluding carboxylic acids is 3. The van der Waals surface area contributed by atoms with Gasteiger partial charge >= 0.3 is 0 Å². The molecule has 3 amide bonds. The molecule has 2 aliphatic heterocycles. The summed E-state index contributed by atoms with van der Waals surface area (Å²) in [5.41, 5.74) is 1.65. The number of imide groups is 1. The lowest BCUT2D eigenvalue weighted by molar-refractivity contribution is -0.133. The van der Waals surface area contributed by atoms with E-state index in [0.717, 1.165) is 17.3 Å². The van der Waals surface area contributed by atoms with Gasteiger partial charge in [-0.3, -0.25) is 19.3 Å². The van der Waals surface area contributed by atoms with Crippen molar-refractivity contribution in [2.45, 2.75) is 31.7 Å². The first kappa shape index (κ1) is 17.5. The Morgan fingerprint density at radius 3 is 2.44 bits per heavy atom. The molecule has 0 radical (unpaired) electrons. The van der Waals surface area contributed by atoms with E-state index in [0.29, 0.717) is 44.3 Å². The summed E-state index contributed by atoms with van der Waals surface area (Å²) in [6, 6.07) is 9.27. The number of nitriles is 1. The molecule has 1 aromatic carbocycles. The predicted molar refractivity (Wildman–Crippen MR) is 93.8 cm³/mol. The van der Waals surface area contributed by atoms with Crippen molar-refractivity contribution in [3.8, 4) is 6.07 Å². The van der Waals surface area contributed by atoms with Crippen molar-refractivity contribution in [3.63, 3.8) is 0 Å². The third-order valence-corrected chi connectivity index (χ3v) is 5.51. The Hall–Kier alpha value is -2.33. The number of amides is 3. The molecule has 3 rings (SSSR count). The van der Waals surface area contributed by atoms with Crippen LogP contribution in [0.3, 0.4) is 0 Å². The number of likely N-dealkylation sites (tertiary alicyclic amines) is 1. The lowest BCUT2D eigenvalue weighted by Gasteiger charge is -2.35. The maximum Gasteiger partial charge on any atom is 0.289 e. The Balaban J connectivity index is 1.47. The highest BCUT2D eigenvalue weighted by Crippen LogP contribution is 2.26. The number of hydrogen-bond donors (Lipinski definition) is 0. The molecule has 2 saturated heterocycles. The molecule has 0 aromatic heterocycles. The van der Waals surface area contributed by atoms with Crippen LogP contribution in [0.2, 0.25) is 0 Å². The molecule has 0 saturated carbocycles. The summed E-state index contributed by atoms with van der Waals surface area (Å²) in [5.74, 6) is 0.222. The molecule has 0 aliphatic carbocycles. The van der Waals surface area contributed by atoms with Gasteiger partial charge in [0.2, 0.25) is 11.8 Å². The number of thioether (sulfide) groups is 1. The van der Waals surface area contributed by atoms with Crippen LogP contribution in [-0.4, -0.2) is 51.7 Å². The molecule has 1 aromatic rings. The summed E-state index contributed by atoms with van der Waals surface area (Å²) in [6.07, 6.45) is 2.37. The van der Waals surface area contributed by atoms with Gasteiger partial charge in [0.15, 0.2) is 0 Å². The highest BCUT2D eigenvalue weighted by Gasteiger charge is 2.37. The van der Waals surface area contributed by atoms with Gasteiger partial charge < -0.3 is 4.90 Å². The number of piperidine rings is 1. The Morgan fingerprint density at radius 1 is 1.20 bits per heavy atom. The van der Waals surface area contributed by atoms with Crippen LogP contribution < -0.4 is 0 Å². The van der Waals surface area contributed by atoms with E-state index in [1.54, 1.807) is 12.1 Å². The van der Waals surface area contributed by atoms with Gasteiger partial charge in [0.1, 0.15) is 0 Å². The SMILES string of the molecule is N#Cc1ccc(CCC(=O)N2CCC(N3C(=O)CSC3=O)CC2)cc1. The van der Waals surface area contributed by atoms with Gasteiger partial charge in [0.05, 0.1) is 17.4 Å². The number of nitrogens with zero attached hydrogens (tertiary/aromatic N) is 3. The average Bonchev–Trinajstić information content (AvgIpc) is 2.98. The van der Waals surface area contributed by atoms with Gasteiger partial charge in [0.25, 0.3) is 5.24 Å². The minimum atomic E-state index is -0.157. The van der Waals surface area contributed by atoms with Crippen molar-refractivity contribution in [2.75, 3.05) is 18.8 Å². The lowest BCUT2D eigenvalue weighted by atomic mass is 10.0. The molecular formula is C18H19N3O3S. The summed E-state index contributed by atoms with van der Waals surface area (Å²) in [6.45, 7) is 1.16. The van der Waals surface area contributed by atoms with E-state index >= 15 is 0 Å². The second-order valence-corrected chi connectivity index (χ2v) is 7.17. The Labute approximate surface area is 150 Å². The summed E-state index contributed by atoms with van der Waals surface area (Å²) in [7, 11) is 0. The molecule has 0 unspecified atom stereocenters. The van der Waals surface area contributed by atoms with E-state index in [-0.39, 0.29) is 28.8 Å². The van der Waals surface area contributed by atoms with E-state index in [9.17, 15) is 14.4 Å². The minimum Gasteiger partial charge on any atom is -0.343 e. The molecule has 0 spiro atoms. The Bertz CT molecular complexity index is 702. The van der Waals surface area contributed by atoms with Crippen molar-refractivity contribution in [1.82, 2.24) is 9.80 Å². The van der Waals surface area contributed by atoms with Crippen LogP contribution in [-0.2, 0) is 16.0 Å². The largest absolute Gasteiger partial charge is 0.343 e. The van der Waals surface area contributed by atoms with Crippen LogP contribution in [0.5, 0.6) is 0 Å². The van der Waals surface area contributed by atoms with Crippen LogP contribution in [0.15, 0.2) is 24.3 Å². The highest BCUT2D eigenvalue weighted by atomic mass is 32.2. The van der Waals surface area contributed by atoms with Crippen LogP contribution in [0.1, 0.15) is 30.4 Å². The predicted octanol–water partition coefficient (Wildman–Crippen LogP) is 2.18. The summed E-state index contributed by atoms with van der Waals surface area (Å²) < 4.78 is 0. The Kier molecular flexibility index (Phi) is 5.39. The van der Waals surface area contributed by atoms with Crippen LogP contribution in [0, 0.1) is 11.3 Å². The van der Waals surface area contributed by atoms with Gasteiger partial charge in [0, 0.05) is 25.6 Å². The average molecular weight is 357 g/mol.